The van der Waals surface area contributed by atoms with E-state index in [-0.39, 0.29) is 26.2 Å². The van der Waals surface area contributed by atoms with Crippen LogP contribution in [-0.2, 0) is 14.8 Å². The maximum atomic E-state index is 12.5. The number of aryl methyl sites for hydroxylation is 1. The standard InChI is InChI=1S/C21H22N2O4S/c1-17-7-9-19(10-8-17)20(24)21(25)22-12-14-23(15-13-22)28(26,27)16-11-18-5-3-2-4-6-18/h2-11,16H,12-15H2,1H3/b16-11+. The Morgan fingerprint density at radius 3 is 2.11 bits per heavy atom. The molecule has 2 aromatic rings. The Hall–Kier alpha value is -2.77. The molecule has 1 saturated heterocycles. The molecule has 1 heterocycles. The van der Waals surface area contributed by atoms with Crippen molar-refractivity contribution in [1.82, 2.24) is 9.21 Å². The molecule has 6 nitrogen and oxygen atoms in total. The molecule has 0 N–H and O–H groups in total. The summed E-state index contributed by atoms with van der Waals surface area (Å²) in [6, 6.07) is 16.0. The second-order valence-electron chi connectivity index (χ2n) is 6.64. The molecule has 0 aromatic heterocycles. The van der Waals surface area contributed by atoms with Crippen LogP contribution < -0.4 is 0 Å². The largest absolute Gasteiger partial charge is 0.333 e. The van der Waals surface area contributed by atoms with Gasteiger partial charge in [-0.15, -0.1) is 0 Å². The number of rotatable bonds is 5. The lowest BCUT2D eigenvalue weighted by atomic mass is 10.1. The van der Waals surface area contributed by atoms with E-state index in [1.807, 2.05) is 37.3 Å². The number of hydrogen-bond acceptors (Lipinski definition) is 4. The van der Waals surface area contributed by atoms with Crippen LogP contribution in [0.4, 0.5) is 0 Å². The van der Waals surface area contributed by atoms with Gasteiger partial charge in [0.1, 0.15) is 0 Å². The second kappa shape index (κ2) is 8.50. The van der Waals surface area contributed by atoms with Gasteiger partial charge in [-0.25, -0.2) is 8.42 Å². The van der Waals surface area contributed by atoms with Crippen molar-refractivity contribution in [1.29, 1.82) is 0 Å². The van der Waals surface area contributed by atoms with Crippen LogP contribution in [0.2, 0.25) is 0 Å². The van der Waals surface area contributed by atoms with Crippen LogP contribution in [0.25, 0.3) is 6.08 Å². The molecule has 146 valence electrons. The van der Waals surface area contributed by atoms with E-state index in [4.69, 9.17) is 0 Å². The number of ketones is 1. The molecule has 1 aliphatic heterocycles. The minimum Gasteiger partial charge on any atom is -0.333 e. The van der Waals surface area contributed by atoms with Gasteiger partial charge in [0.25, 0.3) is 5.91 Å². The van der Waals surface area contributed by atoms with Gasteiger partial charge in [-0.1, -0.05) is 60.2 Å². The summed E-state index contributed by atoms with van der Waals surface area (Å²) in [5, 5.41) is 1.18. The van der Waals surface area contributed by atoms with Crippen molar-refractivity contribution in [3.8, 4) is 0 Å². The first-order valence-corrected chi connectivity index (χ1v) is 10.5. The van der Waals surface area contributed by atoms with E-state index in [2.05, 4.69) is 0 Å². The molecule has 28 heavy (non-hydrogen) atoms. The third-order valence-corrected chi connectivity index (χ3v) is 6.19. The number of sulfonamides is 1. The monoisotopic (exact) mass is 398 g/mol. The molecular formula is C21H22N2O4S. The SMILES string of the molecule is Cc1ccc(C(=O)C(=O)N2CCN(S(=O)(=O)/C=C/c3ccccc3)CC2)cc1. The number of carbonyl (C=O) groups is 2. The molecular weight excluding hydrogens is 376 g/mol. The van der Waals surface area contributed by atoms with Gasteiger partial charge in [-0.3, -0.25) is 9.59 Å². The summed E-state index contributed by atoms with van der Waals surface area (Å²) in [5.41, 5.74) is 2.14. The van der Waals surface area contributed by atoms with Gasteiger partial charge in [-0.05, 0) is 18.6 Å². The van der Waals surface area contributed by atoms with Crippen molar-refractivity contribution >= 4 is 27.8 Å². The highest BCUT2D eigenvalue weighted by molar-refractivity contribution is 7.92. The third kappa shape index (κ3) is 4.74. The summed E-state index contributed by atoms with van der Waals surface area (Å²) < 4.78 is 26.3. The first kappa shape index (κ1) is 20.0. The number of hydrogen-bond donors (Lipinski definition) is 0. The number of piperazine rings is 1. The molecule has 0 saturated carbocycles. The van der Waals surface area contributed by atoms with Crippen molar-refractivity contribution in [2.45, 2.75) is 6.92 Å². The van der Waals surface area contributed by atoms with Gasteiger partial charge >= 0.3 is 0 Å². The summed E-state index contributed by atoms with van der Waals surface area (Å²) in [5.74, 6) is -1.17. The molecule has 0 atom stereocenters. The fraction of sp³-hybridized carbons (Fsp3) is 0.238. The van der Waals surface area contributed by atoms with Crippen molar-refractivity contribution in [3.05, 3.63) is 76.7 Å². The first-order chi connectivity index (χ1) is 13.4. The van der Waals surface area contributed by atoms with Crippen LogP contribution >= 0.6 is 0 Å². The summed E-state index contributed by atoms with van der Waals surface area (Å²) >= 11 is 0. The number of Topliss-reactive ketones (excluding diaryl/α,β-unsaturated/α-hetero) is 1. The lowest BCUT2D eigenvalue weighted by Gasteiger charge is -2.32. The Bertz CT molecular complexity index is 975. The van der Waals surface area contributed by atoms with Gasteiger partial charge in [0.15, 0.2) is 0 Å². The van der Waals surface area contributed by atoms with Crippen molar-refractivity contribution in [2.24, 2.45) is 0 Å². The van der Waals surface area contributed by atoms with Gasteiger partial charge in [0, 0.05) is 37.2 Å². The fourth-order valence-electron chi connectivity index (χ4n) is 2.93. The summed E-state index contributed by atoms with van der Waals surface area (Å²) in [7, 11) is -3.58. The van der Waals surface area contributed by atoms with Gasteiger partial charge in [0.05, 0.1) is 0 Å². The number of carbonyl (C=O) groups excluding carboxylic acids is 2. The van der Waals surface area contributed by atoms with Crippen LogP contribution in [-0.4, -0.2) is 55.5 Å². The molecule has 0 bridgehead atoms. The Labute approximate surface area is 165 Å². The Morgan fingerprint density at radius 2 is 1.50 bits per heavy atom. The fourth-order valence-corrected chi connectivity index (χ4v) is 4.11. The van der Waals surface area contributed by atoms with Crippen LogP contribution in [0.3, 0.4) is 0 Å². The van der Waals surface area contributed by atoms with Crippen LogP contribution in [0, 0.1) is 6.92 Å². The van der Waals surface area contributed by atoms with Gasteiger partial charge in [-0.2, -0.15) is 4.31 Å². The third-order valence-electron chi connectivity index (χ3n) is 4.63. The number of benzene rings is 2. The average Bonchev–Trinajstić information content (AvgIpc) is 2.73. The maximum absolute atomic E-state index is 12.5. The van der Waals surface area contributed by atoms with Gasteiger partial charge in [0.2, 0.25) is 15.8 Å². The normalized spacial score (nSPS) is 15.7. The maximum Gasteiger partial charge on any atom is 0.295 e. The van der Waals surface area contributed by atoms with E-state index >= 15 is 0 Å². The smallest absolute Gasteiger partial charge is 0.295 e. The molecule has 1 amide bonds. The second-order valence-corrected chi connectivity index (χ2v) is 8.46. The molecule has 0 unspecified atom stereocenters. The van der Waals surface area contributed by atoms with E-state index < -0.39 is 21.7 Å². The molecule has 3 rings (SSSR count). The molecule has 1 fully saturated rings. The zero-order valence-corrected chi connectivity index (χ0v) is 16.4. The minimum absolute atomic E-state index is 0.161. The predicted octanol–water partition coefficient (Wildman–Crippen LogP) is 2.32. The first-order valence-electron chi connectivity index (χ1n) is 9.00. The minimum atomic E-state index is -3.58. The number of nitrogens with zero attached hydrogens (tertiary/aromatic N) is 2. The molecule has 0 aliphatic carbocycles. The predicted molar refractivity (Wildman–Crippen MR) is 108 cm³/mol. The Morgan fingerprint density at radius 1 is 0.893 bits per heavy atom. The van der Waals surface area contributed by atoms with E-state index in [1.54, 1.807) is 30.3 Å². The summed E-state index contributed by atoms with van der Waals surface area (Å²) in [6.07, 6.45) is 1.55. The van der Waals surface area contributed by atoms with Crippen molar-refractivity contribution in [2.75, 3.05) is 26.2 Å². The average molecular weight is 398 g/mol. The molecule has 7 heteroatoms. The van der Waals surface area contributed by atoms with E-state index in [1.165, 1.54) is 14.6 Å². The van der Waals surface area contributed by atoms with Gasteiger partial charge < -0.3 is 4.90 Å². The highest BCUT2D eigenvalue weighted by Gasteiger charge is 2.30. The van der Waals surface area contributed by atoms with Crippen molar-refractivity contribution in [3.63, 3.8) is 0 Å². The molecule has 0 spiro atoms. The highest BCUT2D eigenvalue weighted by Crippen LogP contribution is 2.13. The lowest BCUT2D eigenvalue weighted by Crippen LogP contribution is -2.51. The summed E-state index contributed by atoms with van der Waals surface area (Å²) in [4.78, 5) is 26.2. The van der Waals surface area contributed by atoms with Crippen molar-refractivity contribution < 1.29 is 18.0 Å². The number of amides is 1. The topological polar surface area (TPSA) is 74.8 Å². The Kier molecular flexibility index (Phi) is 6.06. The lowest BCUT2D eigenvalue weighted by molar-refractivity contribution is -0.127. The molecule has 2 aromatic carbocycles. The van der Waals surface area contributed by atoms with E-state index in [0.717, 1.165) is 11.1 Å². The van der Waals surface area contributed by atoms with Crippen LogP contribution in [0.1, 0.15) is 21.5 Å². The van der Waals surface area contributed by atoms with E-state index in [0.29, 0.717) is 5.56 Å². The summed E-state index contributed by atoms with van der Waals surface area (Å²) in [6.45, 7) is 2.61. The molecule has 0 radical (unpaired) electrons. The van der Waals surface area contributed by atoms with Crippen LogP contribution in [0.15, 0.2) is 60.0 Å². The zero-order valence-electron chi connectivity index (χ0n) is 15.6. The quantitative estimate of drug-likeness (QED) is 0.572. The van der Waals surface area contributed by atoms with E-state index in [9.17, 15) is 18.0 Å². The molecule has 1 aliphatic rings. The van der Waals surface area contributed by atoms with Crippen LogP contribution in [0.5, 0.6) is 0 Å². The Balaban J connectivity index is 1.60. The highest BCUT2D eigenvalue weighted by atomic mass is 32.2. The zero-order chi connectivity index (χ0) is 20.1.